The molecule has 2 saturated heterocycles. The Kier molecular flexibility index (Phi) is 9.49. The number of ether oxygens (including phenoxy) is 1. The molecular weight excluding hydrogens is 591 g/mol. The van der Waals surface area contributed by atoms with Gasteiger partial charge in [-0.05, 0) is 57.3 Å². The average molecular weight is 631 g/mol. The van der Waals surface area contributed by atoms with Gasteiger partial charge in [-0.15, -0.1) is 0 Å². The van der Waals surface area contributed by atoms with Crippen molar-refractivity contribution in [2.75, 3.05) is 64.2 Å². The van der Waals surface area contributed by atoms with E-state index in [1.165, 1.54) is 12.3 Å². The van der Waals surface area contributed by atoms with Gasteiger partial charge in [-0.3, -0.25) is 10.2 Å². The molecule has 46 heavy (non-hydrogen) atoms. The number of para-hydroxylation sites is 1. The highest BCUT2D eigenvalue weighted by molar-refractivity contribution is 5.91. The Morgan fingerprint density at radius 3 is 2.61 bits per heavy atom. The molecule has 13 nitrogen and oxygen atoms in total. The lowest BCUT2D eigenvalue weighted by Crippen LogP contribution is -2.42. The van der Waals surface area contributed by atoms with Gasteiger partial charge in [0.1, 0.15) is 17.6 Å². The van der Waals surface area contributed by atoms with Crippen LogP contribution in [0, 0.1) is 12.9 Å². The van der Waals surface area contributed by atoms with Crippen molar-refractivity contribution in [3.05, 3.63) is 78.1 Å². The van der Waals surface area contributed by atoms with E-state index in [-0.39, 0.29) is 0 Å². The van der Waals surface area contributed by atoms with Gasteiger partial charge in [0, 0.05) is 69.0 Å². The number of carbonyl (C=O) groups is 1. The van der Waals surface area contributed by atoms with Crippen LogP contribution in [0.4, 0.5) is 21.0 Å². The first-order valence-corrected chi connectivity index (χ1v) is 15.3. The molecule has 2 amide bonds. The lowest BCUT2D eigenvalue weighted by Gasteiger charge is -2.20. The van der Waals surface area contributed by atoms with Gasteiger partial charge < -0.3 is 19.9 Å². The zero-order chi connectivity index (χ0) is 32.2. The predicted molar refractivity (Wildman–Crippen MR) is 171 cm³/mol. The van der Waals surface area contributed by atoms with Crippen LogP contribution in [0.1, 0.15) is 23.7 Å². The number of amides is 2. The fourth-order valence-corrected chi connectivity index (χ4v) is 5.88. The second kappa shape index (κ2) is 13.9. The Bertz CT molecular complexity index is 1640. The summed E-state index contributed by atoms with van der Waals surface area (Å²) in [4.78, 5) is 37.1. The summed E-state index contributed by atoms with van der Waals surface area (Å²) in [5.74, 6) is 0.565. The fourth-order valence-electron chi connectivity index (χ4n) is 5.88. The standard InChI is InChI=1S/C32H39FN10O3/c1-21-28(23-17-35-31(36-18-23)41-13-11-25(19-41)40(2)3)39-43(24-8-6-5-7-9-24)30(21)38-32(44)37-26-20-42(14-15-45-4)46-29(26)22-10-12-34-27(33)16-22/h5-10,12,16-18,25-26,29H,11,13-15,19-20H2,1-4H3,(H2,37,38,44)/t25-,26+,29-/m0/s1. The molecule has 6 rings (SSSR count). The van der Waals surface area contributed by atoms with Gasteiger partial charge in [0.15, 0.2) is 0 Å². The van der Waals surface area contributed by atoms with Crippen molar-refractivity contribution < 1.29 is 18.8 Å². The molecule has 0 radical (unpaired) electrons. The maximum absolute atomic E-state index is 14.0. The maximum atomic E-state index is 14.0. The Morgan fingerprint density at radius 2 is 1.91 bits per heavy atom. The van der Waals surface area contributed by atoms with Gasteiger partial charge >= 0.3 is 6.03 Å². The number of hydrogen-bond acceptors (Lipinski definition) is 10. The number of urea groups is 1. The maximum Gasteiger partial charge on any atom is 0.320 e. The van der Waals surface area contributed by atoms with Crippen molar-refractivity contribution in [2.45, 2.75) is 31.5 Å². The number of carbonyl (C=O) groups excluding carboxylic acids is 1. The van der Waals surface area contributed by atoms with Crippen molar-refractivity contribution in [2.24, 2.45) is 0 Å². The molecule has 2 N–H and O–H groups in total. The molecule has 242 valence electrons. The lowest BCUT2D eigenvalue weighted by atomic mass is 10.0. The SMILES string of the molecule is COCCN1C[C@@H](NC(=O)Nc2c(C)c(-c3cnc(N4CC[C@H](N(C)C)C4)nc3)nn2-c2ccccc2)[C@H](c2ccnc(F)c2)O1. The largest absolute Gasteiger partial charge is 0.383 e. The molecule has 3 aromatic heterocycles. The molecule has 0 bridgehead atoms. The average Bonchev–Trinajstić information content (AvgIpc) is 3.79. The zero-order valence-electron chi connectivity index (χ0n) is 26.4. The van der Waals surface area contributed by atoms with E-state index in [4.69, 9.17) is 14.7 Å². The topological polar surface area (TPSA) is 126 Å². The summed E-state index contributed by atoms with van der Waals surface area (Å²) in [6.07, 6.45) is 5.39. The summed E-state index contributed by atoms with van der Waals surface area (Å²) in [6.45, 7) is 4.99. The quantitative estimate of drug-likeness (QED) is 0.252. The molecular formula is C32H39FN10O3. The predicted octanol–water partition coefficient (Wildman–Crippen LogP) is 3.44. The van der Waals surface area contributed by atoms with Gasteiger partial charge in [0.25, 0.3) is 0 Å². The van der Waals surface area contributed by atoms with Crippen LogP contribution in [0.5, 0.6) is 0 Å². The molecule has 0 aliphatic carbocycles. The number of pyridine rings is 1. The van der Waals surface area contributed by atoms with Crippen LogP contribution >= 0.6 is 0 Å². The summed E-state index contributed by atoms with van der Waals surface area (Å²) in [5, 5.41) is 12.7. The number of hydroxylamine groups is 2. The minimum absolute atomic E-state index is 0.379. The Labute approximate surface area is 267 Å². The van der Waals surface area contributed by atoms with Crippen LogP contribution in [0.2, 0.25) is 0 Å². The highest BCUT2D eigenvalue weighted by Gasteiger charge is 2.37. The first kappa shape index (κ1) is 31.5. The lowest BCUT2D eigenvalue weighted by molar-refractivity contribution is -0.154. The van der Waals surface area contributed by atoms with Crippen LogP contribution in [0.3, 0.4) is 0 Å². The van der Waals surface area contributed by atoms with Crippen LogP contribution in [-0.4, -0.2) is 107 Å². The molecule has 4 aromatic rings. The zero-order valence-corrected chi connectivity index (χ0v) is 26.4. The number of halogens is 1. The molecule has 0 spiro atoms. The van der Waals surface area contributed by atoms with Gasteiger partial charge in [0.2, 0.25) is 11.9 Å². The van der Waals surface area contributed by atoms with Crippen LogP contribution in [0.15, 0.2) is 61.1 Å². The summed E-state index contributed by atoms with van der Waals surface area (Å²) in [7, 11) is 5.79. The Balaban J connectivity index is 1.24. The molecule has 3 atom stereocenters. The number of aromatic nitrogens is 5. The minimum Gasteiger partial charge on any atom is -0.383 e. The number of nitrogens with zero attached hydrogens (tertiary/aromatic N) is 8. The number of rotatable bonds is 10. The second-order valence-corrected chi connectivity index (χ2v) is 11.7. The van der Waals surface area contributed by atoms with Crippen molar-refractivity contribution in [3.8, 4) is 16.9 Å². The van der Waals surface area contributed by atoms with Gasteiger partial charge in [-0.1, -0.05) is 18.2 Å². The van der Waals surface area contributed by atoms with E-state index in [9.17, 15) is 9.18 Å². The first-order chi connectivity index (χ1) is 22.3. The number of hydrogen-bond donors (Lipinski definition) is 2. The smallest absolute Gasteiger partial charge is 0.320 e. The monoisotopic (exact) mass is 630 g/mol. The van der Waals surface area contributed by atoms with Crippen LogP contribution < -0.4 is 15.5 Å². The van der Waals surface area contributed by atoms with Crippen molar-refractivity contribution in [1.82, 2.24) is 40.0 Å². The minimum atomic E-state index is -0.621. The molecule has 0 saturated carbocycles. The van der Waals surface area contributed by atoms with Crippen LogP contribution in [-0.2, 0) is 9.57 Å². The summed E-state index contributed by atoms with van der Waals surface area (Å²) in [6, 6.07) is 12.1. The van der Waals surface area contributed by atoms with E-state index in [0.717, 1.165) is 36.3 Å². The number of likely N-dealkylation sites (N-methyl/N-ethyl adjacent to an activating group) is 1. The van der Waals surface area contributed by atoms with E-state index in [1.807, 2.05) is 37.3 Å². The van der Waals surface area contributed by atoms with Gasteiger partial charge in [-0.25, -0.2) is 24.4 Å². The third kappa shape index (κ3) is 6.84. The molecule has 2 aliphatic rings. The highest BCUT2D eigenvalue weighted by atomic mass is 19.1. The first-order valence-electron chi connectivity index (χ1n) is 15.3. The van der Waals surface area contributed by atoms with Gasteiger partial charge in [-0.2, -0.15) is 14.6 Å². The molecule has 0 unspecified atom stereocenters. The Morgan fingerprint density at radius 1 is 1.13 bits per heavy atom. The Hall–Kier alpha value is -4.50. The van der Waals surface area contributed by atoms with Crippen molar-refractivity contribution >= 4 is 17.8 Å². The number of methoxy groups -OCH3 is 1. The molecule has 5 heterocycles. The number of benzene rings is 1. The third-order valence-corrected chi connectivity index (χ3v) is 8.41. The third-order valence-electron chi connectivity index (χ3n) is 8.41. The van der Waals surface area contributed by atoms with E-state index >= 15 is 0 Å². The summed E-state index contributed by atoms with van der Waals surface area (Å²) < 4.78 is 20.9. The van der Waals surface area contributed by atoms with E-state index in [0.29, 0.717) is 48.8 Å². The van der Waals surface area contributed by atoms with E-state index in [1.54, 1.807) is 35.3 Å². The number of anilines is 2. The normalized spacial score (nSPS) is 20.0. The highest BCUT2D eigenvalue weighted by Crippen LogP contribution is 2.32. The summed E-state index contributed by atoms with van der Waals surface area (Å²) >= 11 is 0. The van der Waals surface area contributed by atoms with Gasteiger partial charge in [0.05, 0.1) is 18.3 Å². The molecule has 2 fully saturated rings. The molecule has 1 aromatic carbocycles. The van der Waals surface area contributed by atoms with E-state index in [2.05, 4.69) is 49.5 Å². The molecule has 2 aliphatic heterocycles. The van der Waals surface area contributed by atoms with Crippen LogP contribution in [0.25, 0.3) is 16.9 Å². The fraction of sp³-hybridized carbons (Fsp3) is 0.406. The molecule has 14 heteroatoms. The van der Waals surface area contributed by atoms with Crippen molar-refractivity contribution in [1.29, 1.82) is 0 Å². The van der Waals surface area contributed by atoms with Crippen molar-refractivity contribution in [3.63, 3.8) is 0 Å². The summed E-state index contributed by atoms with van der Waals surface area (Å²) in [5.41, 5.74) is 3.48. The van der Waals surface area contributed by atoms with E-state index < -0.39 is 24.1 Å². The second-order valence-electron chi connectivity index (χ2n) is 11.7. The number of nitrogens with one attached hydrogen (secondary N) is 2.